The van der Waals surface area contributed by atoms with Crippen LogP contribution in [0.15, 0.2) is 29.4 Å². The van der Waals surface area contributed by atoms with Crippen LogP contribution in [0, 0.1) is 25.2 Å². The predicted molar refractivity (Wildman–Crippen MR) is 95.1 cm³/mol. The summed E-state index contributed by atoms with van der Waals surface area (Å²) in [5.74, 6) is 0.0441. The van der Waals surface area contributed by atoms with E-state index >= 15 is 0 Å². The summed E-state index contributed by atoms with van der Waals surface area (Å²) in [6.07, 6.45) is 0.154. The summed E-state index contributed by atoms with van der Waals surface area (Å²) in [7, 11) is 0. The molecule has 1 aliphatic rings. The van der Waals surface area contributed by atoms with Crippen LogP contribution in [0.3, 0.4) is 0 Å². The lowest BCUT2D eigenvalue weighted by molar-refractivity contribution is -0.139. The number of amides is 1. The van der Waals surface area contributed by atoms with Crippen molar-refractivity contribution in [3.8, 4) is 6.07 Å². The van der Waals surface area contributed by atoms with Crippen LogP contribution in [0.4, 0.5) is 5.69 Å². The number of cyclic esters (lactones) is 1. The monoisotopic (exact) mass is 370 g/mol. The largest absolute Gasteiger partial charge is 0.464 e. The SMILES string of the molecule is Cc1cccc(C)c1N(C(C=C=O)O/N=C(\C#N)C(N)=O)C1CCOC1=O. The number of oxime groups is 1. The van der Waals surface area contributed by atoms with Crippen molar-refractivity contribution in [1.29, 1.82) is 5.26 Å². The number of aryl methyl sites for hydroxylation is 2. The Bertz CT molecular complexity index is 847. The lowest BCUT2D eigenvalue weighted by Crippen LogP contribution is -2.47. The quantitative estimate of drug-likeness (QED) is 0.243. The Labute approximate surface area is 155 Å². The molecule has 1 aliphatic heterocycles. The maximum atomic E-state index is 12.2. The van der Waals surface area contributed by atoms with Crippen LogP contribution in [0.5, 0.6) is 0 Å². The van der Waals surface area contributed by atoms with Crippen LogP contribution in [-0.2, 0) is 24.0 Å². The second-order valence-electron chi connectivity index (χ2n) is 5.82. The molecule has 2 atom stereocenters. The molecule has 2 unspecified atom stereocenters. The maximum Gasteiger partial charge on any atom is 0.329 e. The summed E-state index contributed by atoms with van der Waals surface area (Å²) in [5, 5.41) is 12.3. The van der Waals surface area contributed by atoms with Gasteiger partial charge in [0.05, 0.1) is 12.7 Å². The third-order valence-corrected chi connectivity index (χ3v) is 4.02. The highest BCUT2D eigenvalue weighted by Gasteiger charge is 2.38. The maximum absolute atomic E-state index is 12.2. The first-order chi connectivity index (χ1) is 12.9. The fraction of sp³-hybridized carbons (Fsp3) is 0.333. The summed E-state index contributed by atoms with van der Waals surface area (Å²) in [6.45, 7) is 3.89. The van der Waals surface area contributed by atoms with Gasteiger partial charge in [-0.15, -0.1) is 0 Å². The second kappa shape index (κ2) is 8.65. The minimum Gasteiger partial charge on any atom is -0.464 e. The van der Waals surface area contributed by atoms with Gasteiger partial charge in [0.2, 0.25) is 11.9 Å². The van der Waals surface area contributed by atoms with Crippen molar-refractivity contribution in [3.63, 3.8) is 0 Å². The molecular formula is C18H18N4O5. The first kappa shape index (κ1) is 19.7. The molecule has 0 aliphatic carbocycles. The predicted octanol–water partition coefficient (Wildman–Crippen LogP) is 0.521. The molecule has 9 heteroatoms. The Morgan fingerprint density at radius 3 is 2.63 bits per heavy atom. The Balaban J connectivity index is 2.55. The number of nitrogens with zero attached hydrogens (tertiary/aromatic N) is 3. The molecule has 140 valence electrons. The highest BCUT2D eigenvalue weighted by molar-refractivity contribution is 6.44. The fourth-order valence-electron chi connectivity index (χ4n) is 2.86. The topological polar surface area (TPSA) is 135 Å². The van der Waals surface area contributed by atoms with E-state index in [-0.39, 0.29) is 6.61 Å². The molecule has 27 heavy (non-hydrogen) atoms. The van der Waals surface area contributed by atoms with Crippen LogP contribution in [-0.4, -0.2) is 42.4 Å². The molecule has 0 radical (unpaired) electrons. The van der Waals surface area contributed by atoms with Crippen molar-refractivity contribution >= 4 is 29.2 Å². The van der Waals surface area contributed by atoms with E-state index in [1.54, 1.807) is 5.94 Å². The number of ether oxygens (including phenoxy) is 1. The summed E-state index contributed by atoms with van der Waals surface area (Å²) < 4.78 is 5.05. The number of esters is 1. The Morgan fingerprint density at radius 1 is 1.48 bits per heavy atom. The first-order valence-corrected chi connectivity index (χ1v) is 8.06. The number of carbonyl (C=O) groups excluding carboxylic acids is 3. The van der Waals surface area contributed by atoms with Gasteiger partial charge in [-0.05, 0) is 25.0 Å². The number of hydrogen-bond donors (Lipinski definition) is 1. The van der Waals surface area contributed by atoms with Gasteiger partial charge in [-0.1, -0.05) is 23.4 Å². The highest BCUT2D eigenvalue weighted by atomic mass is 16.7. The van der Waals surface area contributed by atoms with Gasteiger partial charge < -0.3 is 20.2 Å². The highest BCUT2D eigenvalue weighted by Crippen LogP contribution is 2.32. The van der Waals surface area contributed by atoms with Gasteiger partial charge in [0, 0.05) is 12.1 Å². The Kier molecular flexibility index (Phi) is 6.31. The lowest BCUT2D eigenvalue weighted by atomic mass is 10.0. The summed E-state index contributed by atoms with van der Waals surface area (Å²) in [4.78, 5) is 41.2. The normalized spacial score (nSPS) is 17.3. The van der Waals surface area contributed by atoms with Crippen molar-refractivity contribution in [2.45, 2.75) is 32.5 Å². The zero-order chi connectivity index (χ0) is 20.0. The van der Waals surface area contributed by atoms with Gasteiger partial charge in [-0.2, -0.15) is 5.26 Å². The lowest BCUT2D eigenvalue weighted by Gasteiger charge is -2.34. The van der Waals surface area contributed by atoms with Crippen molar-refractivity contribution < 1.29 is 24.0 Å². The Hall–Kier alpha value is -3.63. The molecule has 1 heterocycles. The molecule has 2 rings (SSSR count). The van der Waals surface area contributed by atoms with E-state index in [1.165, 1.54) is 11.0 Å². The van der Waals surface area contributed by atoms with Gasteiger partial charge in [0.15, 0.2) is 0 Å². The van der Waals surface area contributed by atoms with E-state index in [0.29, 0.717) is 12.1 Å². The zero-order valence-electron chi connectivity index (χ0n) is 14.8. The molecule has 1 aromatic carbocycles. The number of hydrogen-bond acceptors (Lipinski definition) is 8. The summed E-state index contributed by atoms with van der Waals surface area (Å²) in [5.41, 5.74) is 6.65. The molecular weight excluding hydrogens is 352 g/mol. The van der Waals surface area contributed by atoms with Crippen LogP contribution in [0.2, 0.25) is 0 Å². The third kappa shape index (κ3) is 4.32. The van der Waals surface area contributed by atoms with Gasteiger partial charge in [-0.25, -0.2) is 9.59 Å². The molecule has 1 aromatic rings. The van der Waals surface area contributed by atoms with Crippen LogP contribution < -0.4 is 10.6 Å². The Morgan fingerprint density at radius 2 is 2.15 bits per heavy atom. The average molecular weight is 370 g/mol. The number of carbonyl (C=O) groups is 2. The minimum absolute atomic E-state index is 0.219. The van der Waals surface area contributed by atoms with Crippen molar-refractivity contribution in [2.75, 3.05) is 11.5 Å². The number of benzene rings is 1. The number of nitriles is 1. The van der Waals surface area contributed by atoms with Gasteiger partial charge >= 0.3 is 5.97 Å². The first-order valence-electron chi connectivity index (χ1n) is 8.06. The molecule has 0 spiro atoms. The number of nitrogens with two attached hydrogens (primary N) is 1. The molecule has 0 bridgehead atoms. The van der Waals surface area contributed by atoms with Crippen LogP contribution in [0.1, 0.15) is 17.5 Å². The second-order valence-corrected chi connectivity index (χ2v) is 5.82. The van der Waals surface area contributed by atoms with Crippen molar-refractivity contribution in [3.05, 3.63) is 35.4 Å². The fourth-order valence-corrected chi connectivity index (χ4v) is 2.86. The van der Waals surface area contributed by atoms with E-state index in [1.807, 2.05) is 32.0 Å². The molecule has 1 saturated heterocycles. The number of para-hydroxylation sites is 1. The summed E-state index contributed by atoms with van der Waals surface area (Å²) in [6, 6.07) is 6.29. The number of anilines is 1. The van der Waals surface area contributed by atoms with Gasteiger partial charge in [0.25, 0.3) is 5.91 Å². The molecule has 0 saturated carbocycles. The van der Waals surface area contributed by atoms with Crippen molar-refractivity contribution in [1.82, 2.24) is 0 Å². The standard InChI is InChI=1S/C18H18N4O5/c1-11-4-3-5-12(2)16(11)22(14-7-9-26-18(14)25)15(6-8-23)27-21-13(10-19)17(20)24/h3-6,14-15H,7,9H2,1-2H3,(H2,20,24)/b21-13+. The van der Waals surface area contributed by atoms with E-state index < -0.39 is 29.9 Å². The number of rotatable bonds is 7. The average Bonchev–Trinajstić information content (AvgIpc) is 3.03. The van der Waals surface area contributed by atoms with Gasteiger partial charge in [-0.3, -0.25) is 4.79 Å². The zero-order valence-corrected chi connectivity index (χ0v) is 14.8. The van der Waals surface area contributed by atoms with Gasteiger partial charge in [0.1, 0.15) is 18.1 Å². The third-order valence-electron chi connectivity index (χ3n) is 4.02. The van der Waals surface area contributed by atoms with E-state index in [9.17, 15) is 14.4 Å². The van der Waals surface area contributed by atoms with Crippen LogP contribution >= 0.6 is 0 Å². The molecule has 9 nitrogen and oxygen atoms in total. The van der Waals surface area contributed by atoms with E-state index in [4.69, 9.17) is 20.6 Å². The van der Waals surface area contributed by atoms with Crippen LogP contribution in [0.25, 0.3) is 0 Å². The minimum atomic E-state index is -1.21. The molecule has 1 amide bonds. The van der Waals surface area contributed by atoms with E-state index in [2.05, 4.69) is 5.16 Å². The molecule has 1 fully saturated rings. The molecule has 2 N–H and O–H groups in total. The number of primary amides is 1. The smallest absolute Gasteiger partial charge is 0.329 e. The van der Waals surface area contributed by atoms with Crippen molar-refractivity contribution in [2.24, 2.45) is 10.9 Å². The molecule has 0 aromatic heterocycles. The van der Waals surface area contributed by atoms with E-state index in [0.717, 1.165) is 17.2 Å². The summed E-state index contributed by atoms with van der Waals surface area (Å²) >= 11 is 0.